The Balaban J connectivity index is 1.79. The molecule has 1 fully saturated rings. The van der Waals surface area contributed by atoms with Gasteiger partial charge in [0, 0.05) is 42.0 Å². The topological polar surface area (TPSA) is 73.6 Å². The van der Waals surface area contributed by atoms with Crippen LogP contribution in [-0.2, 0) is 9.53 Å². The first kappa shape index (κ1) is 24.6. The van der Waals surface area contributed by atoms with E-state index in [-0.39, 0.29) is 5.78 Å². The molecule has 2 aliphatic rings. The zero-order valence-electron chi connectivity index (χ0n) is 20.8. The molecule has 3 aromatic carbocycles. The van der Waals surface area contributed by atoms with Gasteiger partial charge in [-0.15, -0.1) is 0 Å². The minimum atomic E-state index is -1.66. The summed E-state index contributed by atoms with van der Waals surface area (Å²) in [5.74, 6) is -1.67. The van der Waals surface area contributed by atoms with E-state index in [2.05, 4.69) is 6.07 Å². The average molecular weight is 512 g/mol. The highest BCUT2D eigenvalue weighted by Crippen LogP contribution is 2.56. The molecule has 0 N–H and O–H groups in total. The van der Waals surface area contributed by atoms with Crippen molar-refractivity contribution >= 4 is 40.8 Å². The molecular weight excluding hydrogens is 486 g/mol. The lowest BCUT2D eigenvalue weighted by Gasteiger charge is -2.36. The van der Waals surface area contributed by atoms with Gasteiger partial charge >= 0.3 is 5.97 Å². The molecular formula is C30H26ClN3O3. The smallest absolute Gasteiger partial charge is 0.329 e. The van der Waals surface area contributed by atoms with Gasteiger partial charge in [0.1, 0.15) is 6.04 Å². The Morgan fingerprint density at radius 3 is 2.32 bits per heavy atom. The first-order chi connectivity index (χ1) is 17.8. The van der Waals surface area contributed by atoms with Gasteiger partial charge in [-0.1, -0.05) is 54.1 Å². The highest BCUT2D eigenvalue weighted by atomic mass is 35.5. The number of ketones is 1. The molecule has 0 radical (unpaired) electrons. The van der Waals surface area contributed by atoms with Gasteiger partial charge in [0.25, 0.3) is 0 Å². The first-order valence-corrected chi connectivity index (χ1v) is 12.3. The maximum absolute atomic E-state index is 14.3. The van der Waals surface area contributed by atoms with Crippen LogP contribution in [0.15, 0.2) is 78.9 Å². The van der Waals surface area contributed by atoms with Gasteiger partial charge in [-0.3, -0.25) is 9.59 Å². The second-order valence-corrected chi connectivity index (χ2v) is 9.96. The Labute approximate surface area is 221 Å². The van der Waals surface area contributed by atoms with Crippen LogP contribution in [-0.4, -0.2) is 45.0 Å². The monoisotopic (exact) mass is 511 g/mol. The van der Waals surface area contributed by atoms with Crippen LogP contribution < -0.4 is 9.80 Å². The molecule has 186 valence electrons. The molecule has 4 atom stereocenters. The third-order valence-corrected chi connectivity index (χ3v) is 7.67. The van der Waals surface area contributed by atoms with Crippen molar-refractivity contribution in [2.24, 2.45) is 5.41 Å². The number of carbonyl (C=O) groups excluding carboxylic acids is 2. The molecule has 0 aromatic heterocycles. The average Bonchev–Trinajstić information content (AvgIpc) is 3.24. The van der Waals surface area contributed by atoms with Crippen LogP contribution in [0.4, 0.5) is 11.4 Å². The summed E-state index contributed by atoms with van der Waals surface area (Å²) in [6, 6.07) is 22.8. The lowest BCUT2D eigenvalue weighted by atomic mass is 9.68. The van der Waals surface area contributed by atoms with E-state index >= 15 is 0 Å². The molecule has 0 saturated carbocycles. The van der Waals surface area contributed by atoms with Crippen LogP contribution in [0, 0.1) is 16.7 Å². The molecule has 7 heteroatoms. The van der Waals surface area contributed by atoms with Crippen LogP contribution in [0.2, 0.25) is 5.02 Å². The second-order valence-electron chi connectivity index (χ2n) is 9.52. The van der Waals surface area contributed by atoms with Gasteiger partial charge in [0.05, 0.1) is 19.2 Å². The van der Waals surface area contributed by atoms with Gasteiger partial charge in [0.15, 0.2) is 11.2 Å². The molecule has 0 spiro atoms. The number of rotatable bonds is 5. The number of benzene rings is 3. The van der Waals surface area contributed by atoms with Crippen molar-refractivity contribution in [2.45, 2.75) is 18.0 Å². The summed E-state index contributed by atoms with van der Waals surface area (Å²) in [6.07, 6.45) is 3.76. The van der Waals surface area contributed by atoms with E-state index in [1.165, 1.54) is 7.11 Å². The first-order valence-electron chi connectivity index (χ1n) is 12.0. The fourth-order valence-electron chi connectivity index (χ4n) is 5.67. The van der Waals surface area contributed by atoms with Crippen molar-refractivity contribution in [3.8, 4) is 6.07 Å². The van der Waals surface area contributed by atoms with E-state index in [0.717, 1.165) is 16.9 Å². The van der Waals surface area contributed by atoms with E-state index in [4.69, 9.17) is 16.3 Å². The number of para-hydroxylation sites is 1. The largest absolute Gasteiger partial charge is 0.468 e. The number of nitriles is 1. The summed E-state index contributed by atoms with van der Waals surface area (Å²) in [7, 11) is 5.16. The Morgan fingerprint density at radius 1 is 1.03 bits per heavy atom. The van der Waals surface area contributed by atoms with Gasteiger partial charge in [-0.2, -0.15) is 5.26 Å². The van der Waals surface area contributed by atoms with Crippen molar-refractivity contribution in [2.75, 3.05) is 31.0 Å². The summed E-state index contributed by atoms with van der Waals surface area (Å²) >= 11 is 6.11. The molecule has 2 aliphatic heterocycles. The van der Waals surface area contributed by atoms with Gasteiger partial charge in [0.2, 0.25) is 0 Å². The van der Waals surface area contributed by atoms with Crippen molar-refractivity contribution in [1.29, 1.82) is 5.26 Å². The molecule has 3 aromatic rings. The number of hydrogen-bond donors (Lipinski definition) is 0. The lowest BCUT2D eigenvalue weighted by Crippen LogP contribution is -2.46. The summed E-state index contributed by atoms with van der Waals surface area (Å²) < 4.78 is 5.27. The van der Waals surface area contributed by atoms with Crippen LogP contribution in [0.1, 0.15) is 27.4 Å². The van der Waals surface area contributed by atoms with Crippen molar-refractivity contribution in [3.63, 3.8) is 0 Å². The third kappa shape index (κ3) is 3.78. The second kappa shape index (κ2) is 9.42. The summed E-state index contributed by atoms with van der Waals surface area (Å²) in [5.41, 5.74) is 2.17. The molecule has 0 amide bonds. The molecule has 0 bridgehead atoms. The van der Waals surface area contributed by atoms with Crippen LogP contribution in [0.3, 0.4) is 0 Å². The minimum absolute atomic E-state index is 0.200. The minimum Gasteiger partial charge on any atom is -0.468 e. The normalized spacial score (nSPS) is 23.5. The number of nitrogens with zero attached hydrogens (tertiary/aromatic N) is 3. The highest BCUT2D eigenvalue weighted by molar-refractivity contribution is 6.30. The zero-order chi connectivity index (χ0) is 26.3. The van der Waals surface area contributed by atoms with Gasteiger partial charge < -0.3 is 14.5 Å². The SMILES string of the molecule is COC(=O)[C@@]1(C#N)[C@H](c2ccc(N(C)C)cc2)[C@H](C(=O)c2ccc(Cl)cc2)N2c3ccccc3C=C[C@@H]21. The van der Waals surface area contributed by atoms with E-state index in [1.807, 2.05) is 84.6 Å². The zero-order valence-corrected chi connectivity index (χ0v) is 21.5. The van der Waals surface area contributed by atoms with Crippen LogP contribution in [0.25, 0.3) is 6.08 Å². The Morgan fingerprint density at radius 2 is 1.70 bits per heavy atom. The van der Waals surface area contributed by atoms with E-state index in [1.54, 1.807) is 24.3 Å². The van der Waals surface area contributed by atoms with Crippen molar-refractivity contribution in [3.05, 3.63) is 101 Å². The van der Waals surface area contributed by atoms with E-state index < -0.39 is 29.4 Å². The molecule has 0 aliphatic carbocycles. The van der Waals surface area contributed by atoms with Gasteiger partial charge in [-0.25, -0.2) is 0 Å². The highest BCUT2D eigenvalue weighted by Gasteiger charge is 2.67. The molecule has 37 heavy (non-hydrogen) atoms. The molecule has 0 unspecified atom stereocenters. The number of halogens is 1. The number of anilines is 2. The predicted molar refractivity (Wildman–Crippen MR) is 145 cm³/mol. The maximum Gasteiger partial charge on any atom is 0.329 e. The van der Waals surface area contributed by atoms with Crippen LogP contribution in [0.5, 0.6) is 0 Å². The predicted octanol–water partition coefficient (Wildman–Crippen LogP) is 5.34. The summed E-state index contributed by atoms with van der Waals surface area (Å²) in [6.45, 7) is 0. The Kier molecular flexibility index (Phi) is 6.26. The molecule has 1 saturated heterocycles. The number of hydrogen-bond acceptors (Lipinski definition) is 6. The Bertz CT molecular complexity index is 1430. The lowest BCUT2D eigenvalue weighted by molar-refractivity contribution is -0.150. The Hall–Kier alpha value is -4.08. The number of esters is 1. The van der Waals surface area contributed by atoms with E-state index in [9.17, 15) is 14.9 Å². The molecule has 6 nitrogen and oxygen atoms in total. The fourth-order valence-corrected chi connectivity index (χ4v) is 5.80. The number of carbonyl (C=O) groups is 2. The number of fused-ring (bicyclic) bond motifs is 3. The molecule has 5 rings (SSSR count). The van der Waals surface area contributed by atoms with E-state index in [0.29, 0.717) is 16.1 Å². The standard InChI is InChI=1S/C30H26ClN3O3/c1-33(2)23-15-10-20(11-16-23)26-27(28(35)21-8-13-22(31)14-9-21)34-24-7-5-4-6-19(24)12-17-25(34)30(26,18-32)29(36)37-3/h4-17,25-27H,1-3H3/t25-,26-,27-,30-/m1/s1. The van der Waals surface area contributed by atoms with Crippen molar-refractivity contribution in [1.82, 2.24) is 0 Å². The number of methoxy groups -OCH3 is 1. The third-order valence-electron chi connectivity index (χ3n) is 7.42. The number of Topliss-reactive ketones (excluding diaryl/α,β-unsaturated/α-hetero) is 1. The fraction of sp³-hybridized carbons (Fsp3) is 0.233. The maximum atomic E-state index is 14.3. The molecule has 2 heterocycles. The summed E-state index contributed by atoms with van der Waals surface area (Å²) in [5, 5.41) is 11.3. The quantitative estimate of drug-likeness (QED) is 0.340. The van der Waals surface area contributed by atoms with Crippen LogP contribution >= 0.6 is 11.6 Å². The van der Waals surface area contributed by atoms with Gasteiger partial charge in [-0.05, 0) is 53.6 Å². The number of ether oxygens (including phenoxy) is 1. The van der Waals surface area contributed by atoms with Crippen molar-refractivity contribution < 1.29 is 14.3 Å². The summed E-state index contributed by atoms with van der Waals surface area (Å²) in [4.78, 5) is 31.8.